The summed E-state index contributed by atoms with van der Waals surface area (Å²) >= 11 is 5.90. The summed E-state index contributed by atoms with van der Waals surface area (Å²) in [5.41, 5.74) is 1.24. The van der Waals surface area contributed by atoms with Gasteiger partial charge in [-0.15, -0.1) is 11.6 Å². The van der Waals surface area contributed by atoms with Gasteiger partial charge in [0, 0.05) is 5.88 Å². The molecule has 106 valence electrons. The van der Waals surface area contributed by atoms with E-state index < -0.39 is 11.6 Å². The molecule has 20 heavy (non-hydrogen) atoms. The van der Waals surface area contributed by atoms with Crippen molar-refractivity contribution in [1.82, 2.24) is 0 Å². The van der Waals surface area contributed by atoms with Crippen LogP contribution in [0.15, 0.2) is 42.5 Å². The zero-order valence-electron chi connectivity index (χ0n) is 10.8. The molecule has 0 fully saturated rings. The van der Waals surface area contributed by atoms with Gasteiger partial charge in [-0.25, -0.2) is 13.2 Å². The molecule has 0 bridgehead atoms. The third-order valence-corrected chi connectivity index (χ3v) is 3.61. The van der Waals surface area contributed by atoms with Crippen LogP contribution in [0.3, 0.4) is 0 Å². The van der Waals surface area contributed by atoms with E-state index in [4.69, 9.17) is 11.6 Å². The average molecular weight is 299 g/mol. The molecule has 0 amide bonds. The molecule has 4 heteroatoms. The molecule has 0 spiro atoms. The number of rotatable bonds is 5. The van der Waals surface area contributed by atoms with Gasteiger partial charge in [0.05, 0.1) is 0 Å². The van der Waals surface area contributed by atoms with Crippen molar-refractivity contribution >= 4 is 11.6 Å². The van der Waals surface area contributed by atoms with E-state index in [1.165, 1.54) is 18.2 Å². The van der Waals surface area contributed by atoms with Crippen LogP contribution in [0.25, 0.3) is 0 Å². The van der Waals surface area contributed by atoms with Crippen LogP contribution in [0.2, 0.25) is 0 Å². The molecule has 2 rings (SSSR count). The van der Waals surface area contributed by atoms with E-state index in [0.717, 1.165) is 17.7 Å². The van der Waals surface area contributed by atoms with Gasteiger partial charge >= 0.3 is 0 Å². The van der Waals surface area contributed by atoms with Gasteiger partial charge in [0.1, 0.15) is 17.5 Å². The topological polar surface area (TPSA) is 0 Å². The van der Waals surface area contributed by atoms with Gasteiger partial charge in [0.15, 0.2) is 0 Å². The standard InChI is InChI=1S/C16H14ClF3/c17-10-12(7-11-1-3-14(18)4-2-11)8-13-9-15(19)5-6-16(13)20/h1-6,9,12H,7-8,10H2. The van der Waals surface area contributed by atoms with E-state index >= 15 is 0 Å². The molecule has 0 radical (unpaired) electrons. The van der Waals surface area contributed by atoms with Crippen molar-refractivity contribution in [2.24, 2.45) is 5.92 Å². The summed E-state index contributed by atoms with van der Waals surface area (Å²) in [4.78, 5) is 0. The fraction of sp³-hybridized carbons (Fsp3) is 0.250. The van der Waals surface area contributed by atoms with Gasteiger partial charge < -0.3 is 0 Å². The second-order valence-electron chi connectivity index (χ2n) is 4.79. The van der Waals surface area contributed by atoms with E-state index in [1.807, 2.05) is 0 Å². The molecular formula is C16H14ClF3. The van der Waals surface area contributed by atoms with Crippen molar-refractivity contribution in [2.75, 3.05) is 5.88 Å². The first-order chi connectivity index (χ1) is 9.58. The number of hydrogen-bond donors (Lipinski definition) is 0. The van der Waals surface area contributed by atoms with Crippen molar-refractivity contribution in [3.05, 3.63) is 71.0 Å². The highest BCUT2D eigenvalue weighted by Gasteiger charge is 2.13. The minimum absolute atomic E-state index is 0.0292. The van der Waals surface area contributed by atoms with E-state index in [2.05, 4.69) is 0 Å². The largest absolute Gasteiger partial charge is 0.207 e. The Hall–Kier alpha value is -1.48. The maximum absolute atomic E-state index is 13.6. The molecule has 0 N–H and O–H groups in total. The molecule has 0 aromatic heterocycles. The fourth-order valence-electron chi connectivity index (χ4n) is 2.15. The lowest BCUT2D eigenvalue weighted by molar-refractivity contribution is 0.536. The van der Waals surface area contributed by atoms with Gasteiger partial charge in [0.2, 0.25) is 0 Å². The number of benzene rings is 2. The summed E-state index contributed by atoms with van der Waals surface area (Å²) in [5, 5.41) is 0. The third-order valence-electron chi connectivity index (χ3n) is 3.17. The van der Waals surface area contributed by atoms with Gasteiger partial charge in [-0.2, -0.15) is 0 Å². The molecule has 1 unspecified atom stereocenters. The first-order valence-corrected chi connectivity index (χ1v) is 6.86. The van der Waals surface area contributed by atoms with Crippen LogP contribution in [0, 0.1) is 23.4 Å². The minimum Gasteiger partial charge on any atom is -0.207 e. The van der Waals surface area contributed by atoms with Gasteiger partial charge in [0.25, 0.3) is 0 Å². The van der Waals surface area contributed by atoms with Crippen LogP contribution in [-0.2, 0) is 12.8 Å². The van der Waals surface area contributed by atoms with Crippen LogP contribution in [0.1, 0.15) is 11.1 Å². The van der Waals surface area contributed by atoms with Crippen LogP contribution in [0.5, 0.6) is 0 Å². The molecule has 1 atom stereocenters. The quantitative estimate of drug-likeness (QED) is 0.699. The highest BCUT2D eigenvalue weighted by atomic mass is 35.5. The highest BCUT2D eigenvalue weighted by molar-refractivity contribution is 6.18. The normalized spacial score (nSPS) is 12.4. The van der Waals surface area contributed by atoms with E-state index in [0.29, 0.717) is 24.3 Å². The van der Waals surface area contributed by atoms with Crippen molar-refractivity contribution in [3.63, 3.8) is 0 Å². The lowest BCUT2D eigenvalue weighted by Gasteiger charge is -2.14. The lowest BCUT2D eigenvalue weighted by Crippen LogP contribution is -2.11. The minimum atomic E-state index is -0.462. The summed E-state index contributed by atoms with van der Waals surface area (Å²) in [5.74, 6) is -0.893. The first kappa shape index (κ1) is 14.9. The molecular weight excluding hydrogens is 285 g/mol. The van der Waals surface area contributed by atoms with Crippen LogP contribution >= 0.6 is 11.6 Å². The molecule has 0 saturated carbocycles. The summed E-state index contributed by atoms with van der Waals surface area (Å²) in [6.07, 6.45) is 0.949. The summed E-state index contributed by atoms with van der Waals surface area (Å²) in [6.45, 7) is 0. The molecule has 0 aliphatic heterocycles. The predicted molar refractivity (Wildman–Crippen MR) is 74.4 cm³/mol. The van der Waals surface area contributed by atoms with Crippen molar-refractivity contribution < 1.29 is 13.2 Å². The number of hydrogen-bond acceptors (Lipinski definition) is 0. The molecule has 0 heterocycles. The Morgan fingerprint density at radius 3 is 2.15 bits per heavy atom. The Kier molecular flexibility index (Phi) is 5.07. The van der Waals surface area contributed by atoms with E-state index in [9.17, 15) is 13.2 Å². The van der Waals surface area contributed by atoms with Crippen molar-refractivity contribution in [3.8, 4) is 0 Å². The second-order valence-corrected chi connectivity index (χ2v) is 5.10. The maximum atomic E-state index is 13.6. The Balaban J connectivity index is 2.08. The van der Waals surface area contributed by atoms with Gasteiger partial charge in [-0.1, -0.05) is 12.1 Å². The van der Waals surface area contributed by atoms with Crippen LogP contribution < -0.4 is 0 Å². The second kappa shape index (κ2) is 6.80. The number of halogens is 4. The predicted octanol–water partition coefficient (Wildman–Crippen LogP) is 4.74. The van der Waals surface area contributed by atoms with E-state index in [1.54, 1.807) is 12.1 Å². The first-order valence-electron chi connectivity index (χ1n) is 6.33. The van der Waals surface area contributed by atoms with Crippen LogP contribution in [0.4, 0.5) is 13.2 Å². The molecule has 0 aliphatic carbocycles. The monoisotopic (exact) mass is 298 g/mol. The molecule has 0 saturated heterocycles. The molecule has 2 aromatic carbocycles. The molecule has 0 nitrogen and oxygen atoms in total. The Labute approximate surface area is 121 Å². The smallest absolute Gasteiger partial charge is 0.126 e. The molecule has 2 aromatic rings. The van der Waals surface area contributed by atoms with Crippen LogP contribution in [-0.4, -0.2) is 5.88 Å². The Bertz CT molecular complexity index is 566. The number of alkyl halides is 1. The summed E-state index contributed by atoms with van der Waals surface area (Å²) in [7, 11) is 0. The highest BCUT2D eigenvalue weighted by Crippen LogP contribution is 2.19. The van der Waals surface area contributed by atoms with Gasteiger partial charge in [-0.3, -0.25) is 0 Å². The van der Waals surface area contributed by atoms with Crippen molar-refractivity contribution in [1.29, 1.82) is 0 Å². The summed E-state index contributed by atoms with van der Waals surface area (Å²) < 4.78 is 39.6. The fourth-order valence-corrected chi connectivity index (χ4v) is 2.36. The zero-order valence-corrected chi connectivity index (χ0v) is 11.5. The SMILES string of the molecule is Fc1ccc(CC(CCl)Cc2cc(F)ccc2F)cc1. The van der Waals surface area contributed by atoms with Gasteiger partial charge in [-0.05, 0) is 60.2 Å². The Morgan fingerprint density at radius 1 is 0.850 bits per heavy atom. The maximum Gasteiger partial charge on any atom is 0.126 e. The third kappa shape index (κ3) is 4.01. The molecule has 0 aliphatic rings. The van der Waals surface area contributed by atoms with Crippen molar-refractivity contribution in [2.45, 2.75) is 12.8 Å². The summed E-state index contributed by atoms with van der Waals surface area (Å²) in [6, 6.07) is 9.52. The Morgan fingerprint density at radius 2 is 1.50 bits per heavy atom. The zero-order chi connectivity index (χ0) is 14.5. The van der Waals surface area contributed by atoms with E-state index in [-0.39, 0.29) is 11.7 Å². The average Bonchev–Trinajstić information content (AvgIpc) is 2.44. The lowest BCUT2D eigenvalue weighted by atomic mass is 9.94.